The number of aromatic nitrogens is 2. The smallest absolute Gasteiger partial charge is 0.230 e. The van der Waals surface area contributed by atoms with Crippen molar-refractivity contribution in [1.82, 2.24) is 9.13 Å². The molecule has 10 rings (SSSR count). The highest BCUT2D eigenvalue weighted by Gasteiger charge is 2.23. The van der Waals surface area contributed by atoms with Crippen molar-refractivity contribution in [3.63, 3.8) is 0 Å². The van der Waals surface area contributed by atoms with Crippen LogP contribution in [0.15, 0.2) is 158 Å². The highest BCUT2D eigenvalue weighted by Crippen LogP contribution is 2.45. The fourth-order valence-corrected chi connectivity index (χ4v) is 8.47. The number of hydrogen-bond donors (Lipinski definition) is 2. The summed E-state index contributed by atoms with van der Waals surface area (Å²) in [6.45, 7) is 3.50. The summed E-state index contributed by atoms with van der Waals surface area (Å²) in [5, 5.41) is 28.2. The van der Waals surface area contributed by atoms with Crippen molar-refractivity contribution in [2.24, 2.45) is 0 Å². The van der Waals surface area contributed by atoms with Crippen molar-refractivity contribution in [2.75, 3.05) is 6.79 Å². The summed E-state index contributed by atoms with van der Waals surface area (Å²) in [6.07, 6.45) is 0. The van der Waals surface area contributed by atoms with Crippen LogP contribution >= 0.6 is 0 Å². The summed E-state index contributed by atoms with van der Waals surface area (Å²) in [5.74, 6) is -0.598. The van der Waals surface area contributed by atoms with Crippen LogP contribution in [0.1, 0.15) is 11.1 Å². The highest BCUT2D eigenvalue weighted by atomic mass is 19.1. The molecule has 0 saturated carbocycles. The molecule has 2 N–H and O–H groups in total. The number of halogens is 2. The van der Waals surface area contributed by atoms with Crippen LogP contribution in [0.2, 0.25) is 0 Å². The highest BCUT2D eigenvalue weighted by molar-refractivity contribution is 6.10. The Kier molecular flexibility index (Phi) is 8.56. The van der Waals surface area contributed by atoms with Gasteiger partial charge in [-0.05, 0) is 110 Å². The molecule has 288 valence electrons. The molecule has 6 nitrogen and oxygen atoms in total. The number of benzene rings is 8. The minimum absolute atomic E-state index is 0.0479. The zero-order valence-electron chi connectivity index (χ0n) is 32.1. The molecule has 0 saturated heterocycles. The fourth-order valence-electron chi connectivity index (χ4n) is 8.47. The Morgan fingerprint density at radius 1 is 0.424 bits per heavy atom. The molecule has 0 bridgehead atoms. The Morgan fingerprint density at radius 2 is 0.763 bits per heavy atom. The molecular weight excluding hydrogens is 743 g/mol. The molecule has 0 spiro atoms. The van der Waals surface area contributed by atoms with E-state index in [9.17, 15) is 10.2 Å². The lowest BCUT2D eigenvalue weighted by Crippen LogP contribution is -2.08. The van der Waals surface area contributed by atoms with Gasteiger partial charge in [-0.15, -0.1) is 0 Å². The third kappa shape index (κ3) is 6.00. The second kappa shape index (κ2) is 14.1. The van der Waals surface area contributed by atoms with Gasteiger partial charge in [0.15, 0.2) is 0 Å². The van der Waals surface area contributed by atoms with Crippen molar-refractivity contribution < 1.29 is 28.5 Å². The van der Waals surface area contributed by atoms with E-state index in [1.54, 1.807) is 12.1 Å². The number of fused-ring (bicyclic) bond motifs is 6. The number of para-hydroxylation sites is 4. The molecule has 2 aromatic heterocycles. The van der Waals surface area contributed by atoms with E-state index in [1.807, 2.05) is 108 Å². The monoisotopic (exact) mass is 778 g/mol. The van der Waals surface area contributed by atoms with Crippen LogP contribution in [0.3, 0.4) is 0 Å². The van der Waals surface area contributed by atoms with E-state index in [0.717, 1.165) is 54.7 Å². The van der Waals surface area contributed by atoms with Gasteiger partial charge in [0.25, 0.3) is 0 Å². The maximum absolute atomic E-state index is 15.1. The van der Waals surface area contributed by atoms with Crippen LogP contribution < -0.4 is 9.47 Å². The largest absolute Gasteiger partial charge is 0.505 e. The minimum atomic E-state index is -0.512. The van der Waals surface area contributed by atoms with E-state index in [4.69, 9.17) is 9.47 Å². The molecular formula is C51H36F2N2O4. The van der Waals surface area contributed by atoms with Gasteiger partial charge in [-0.3, -0.25) is 0 Å². The average molecular weight is 779 g/mol. The van der Waals surface area contributed by atoms with Crippen LogP contribution in [0.5, 0.6) is 23.0 Å². The Balaban J connectivity index is 1.02. The molecule has 8 aromatic carbocycles. The van der Waals surface area contributed by atoms with Crippen LogP contribution in [-0.4, -0.2) is 26.1 Å². The molecule has 59 heavy (non-hydrogen) atoms. The summed E-state index contributed by atoms with van der Waals surface area (Å²) in [6, 6.07) is 47.6. The van der Waals surface area contributed by atoms with E-state index in [-0.39, 0.29) is 29.8 Å². The van der Waals surface area contributed by atoms with Gasteiger partial charge >= 0.3 is 0 Å². The van der Waals surface area contributed by atoms with Crippen LogP contribution in [0.4, 0.5) is 8.78 Å². The number of hydrogen-bond acceptors (Lipinski definition) is 4. The first-order chi connectivity index (χ1) is 28.7. The van der Waals surface area contributed by atoms with Crippen LogP contribution in [0.25, 0.3) is 77.2 Å². The molecule has 0 aliphatic carbocycles. The lowest BCUT2D eigenvalue weighted by molar-refractivity contribution is 0.121. The summed E-state index contributed by atoms with van der Waals surface area (Å²) in [4.78, 5) is 0. The number of aryl methyl sites for hydroxylation is 2. The lowest BCUT2D eigenvalue weighted by atomic mass is 9.99. The second-order valence-corrected chi connectivity index (χ2v) is 14.8. The number of nitrogens with zero attached hydrogens (tertiary/aromatic N) is 2. The van der Waals surface area contributed by atoms with E-state index in [2.05, 4.69) is 24.3 Å². The Bertz CT molecular complexity index is 2970. The molecule has 0 radical (unpaired) electrons. The first-order valence-corrected chi connectivity index (χ1v) is 19.2. The van der Waals surface area contributed by atoms with Gasteiger partial charge in [0.05, 0.1) is 33.4 Å². The number of phenols is 2. The van der Waals surface area contributed by atoms with Crippen molar-refractivity contribution in [3.8, 4) is 56.6 Å². The van der Waals surface area contributed by atoms with Gasteiger partial charge in [0, 0.05) is 43.8 Å². The molecule has 0 aliphatic heterocycles. The zero-order valence-corrected chi connectivity index (χ0v) is 32.1. The van der Waals surface area contributed by atoms with Crippen molar-refractivity contribution in [1.29, 1.82) is 0 Å². The summed E-state index contributed by atoms with van der Waals surface area (Å²) < 4.78 is 46.6. The molecule has 0 atom stereocenters. The van der Waals surface area contributed by atoms with Crippen molar-refractivity contribution in [3.05, 3.63) is 180 Å². The normalized spacial score (nSPS) is 11.6. The van der Waals surface area contributed by atoms with E-state index in [0.29, 0.717) is 33.6 Å². The molecule has 0 fully saturated rings. The number of rotatable bonds is 8. The first-order valence-electron chi connectivity index (χ1n) is 19.2. The fraction of sp³-hybridized carbons (Fsp3) is 0.0588. The molecule has 10 aromatic rings. The topological polar surface area (TPSA) is 68.8 Å². The minimum Gasteiger partial charge on any atom is -0.505 e. The average Bonchev–Trinajstić information content (AvgIpc) is 3.76. The Morgan fingerprint density at radius 3 is 1.12 bits per heavy atom. The summed E-state index contributed by atoms with van der Waals surface area (Å²) >= 11 is 0. The summed E-state index contributed by atoms with van der Waals surface area (Å²) in [5.41, 5.74) is 7.84. The third-order valence-corrected chi connectivity index (χ3v) is 11.0. The van der Waals surface area contributed by atoms with E-state index < -0.39 is 11.6 Å². The van der Waals surface area contributed by atoms with E-state index in [1.165, 1.54) is 36.4 Å². The van der Waals surface area contributed by atoms with Crippen molar-refractivity contribution in [2.45, 2.75) is 13.8 Å². The van der Waals surface area contributed by atoms with Gasteiger partial charge in [-0.25, -0.2) is 8.78 Å². The predicted molar refractivity (Wildman–Crippen MR) is 231 cm³/mol. The van der Waals surface area contributed by atoms with Crippen LogP contribution in [0, 0.1) is 25.5 Å². The lowest BCUT2D eigenvalue weighted by Gasteiger charge is -2.19. The molecule has 0 amide bonds. The maximum Gasteiger partial charge on any atom is 0.230 e. The summed E-state index contributed by atoms with van der Waals surface area (Å²) in [7, 11) is 0. The van der Waals surface area contributed by atoms with Crippen molar-refractivity contribution >= 4 is 43.6 Å². The zero-order chi connectivity index (χ0) is 40.4. The maximum atomic E-state index is 15.1. The van der Waals surface area contributed by atoms with Gasteiger partial charge in [-0.1, -0.05) is 72.8 Å². The molecule has 2 heterocycles. The van der Waals surface area contributed by atoms with Gasteiger partial charge < -0.3 is 28.8 Å². The van der Waals surface area contributed by atoms with Gasteiger partial charge in [0.1, 0.15) is 34.6 Å². The standard InChI is InChI=1S/C51H36F2N2O4/c1-30-23-40(50(56)46(25-30)54-42-15-7-3-11-34(42)35-12-4-8-16-43(35)54)38-27-32(52)19-21-48(38)58-29-59-49-22-20-33(53)28-39(49)41-24-31(2)26-47(51(41)57)55-44-17-9-5-13-36(44)37-14-6-10-18-45(37)55/h3-28,56-57H,29H2,1-2H3. The number of ether oxygens (including phenoxy) is 2. The van der Waals surface area contributed by atoms with E-state index >= 15 is 8.78 Å². The number of aromatic hydroxyl groups is 2. The third-order valence-electron chi connectivity index (χ3n) is 11.0. The number of phenolic OH excluding ortho intramolecular Hbond substituents is 2. The van der Waals surface area contributed by atoms with Gasteiger partial charge in [-0.2, -0.15) is 0 Å². The molecule has 0 aliphatic rings. The Hall–Kier alpha value is -7.58. The molecule has 0 unspecified atom stereocenters. The van der Waals surface area contributed by atoms with Gasteiger partial charge in [0.2, 0.25) is 6.79 Å². The molecule has 8 heteroatoms. The van der Waals surface area contributed by atoms with Crippen LogP contribution in [-0.2, 0) is 0 Å². The SMILES string of the molecule is Cc1cc(-c2cc(F)ccc2OCOc2ccc(F)cc2-c2cc(C)cc(-n3c4ccccc4c4ccccc43)c2O)c(O)c(-n2c3ccccc3c3ccccc32)c1. The second-order valence-electron chi connectivity index (χ2n) is 14.8. The Labute approximate surface area is 338 Å². The first kappa shape index (κ1) is 35.8. The quantitative estimate of drug-likeness (QED) is 0.151. The predicted octanol–water partition coefficient (Wildman–Crippen LogP) is 12.9.